The van der Waals surface area contributed by atoms with E-state index in [0.29, 0.717) is 16.4 Å². The fourth-order valence-corrected chi connectivity index (χ4v) is 3.73. The number of benzene rings is 1. The van der Waals surface area contributed by atoms with Crippen LogP contribution in [0, 0.1) is 11.3 Å². The number of halogens is 1. The van der Waals surface area contributed by atoms with E-state index in [1.807, 2.05) is 18.2 Å². The van der Waals surface area contributed by atoms with Crippen LogP contribution in [0.4, 0.5) is 5.82 Å². The summed E-state index contributed by atoms with van der Waals surface area (Å²) in [7, 11) is 0. The molecule has 0 unspecified atom stereocenters. The van der Waals surface area contributed by atoms with Crippen LogP contribution >= 0.6 is 11.6 Å². The highest BCUT2D eigenvalue weighted by Crippen LogP contribution is 2.39. The van der Waals surface area contributed by atoms with Gasteiger partial charge in [-0.2, -0.15) is 5.26 Å². The number of anilines is 1. The summed E-state index contributed by atoms with van der Waals surface area (Å²) in [5.74, 6) is 0.834. The zero-order chi connectivity index (χ0) is 17.4. The largest absolute Gasteiger partial charge is 0.354 e. The number of nitriles is 1. The molecule has 1 fully saturated rings. The van der Waals surface area contributed by atoms with Gasteiger partial charge in [-0.1, -0.05) is 23.7 Å². The van der Waals surface area contributed by atoms with Crippen LogP contribution in [-0.2, 0) is 0 Å². The number of hydrogen-bond acceptors (Lipinski definition) is 5. The number of fused-ring (bicyclic) bond motifs is 1. The van der Waals surface area contributed by atoms with Crippen molar-refractivity contribution < 1.29 is 0 Å². The van der Waals surface area contributed by atoms with Crippen molar-refractivity contribution in [2.24, 2.45) is 5.73 Å². The SMILES string of the molecule is N#Cc1cccc(-c2c(Cl)[nH]c3ncnc(N4CCC[C@@H](N)C4)c23)c1. The van der Waals surface area contributed by atoms with E-state index in [1.165, 1.54) is 0 Å². The maximum absolute atomic E-state index is 9.19. The molecule has 1 aromatic carbocycles. The van der Waals surface area contributed by atoms with E-state index in [1.54, 1.807) is 12.4 Å². The number of nitrogens with zero attached hydrogens (tertiary/aromatic N) is 4. The Morgan fingerprint density at radius 3 is 3.04 bits per heavy atom. The number of piperidine rings is 1. The van der Waals surface area contributed by atoms with Crippen LogP contribution in [0.3, 0.4) is 0 Å². The van der Waals surface area contributed by atoms with Gasteiger partial charge in [0.05, 0.1) is 17.0 Å². The van der Waals surface area contributed by atoms with Crippen LogP contribution in [0.15, 0.2) is 30.6 Å². The minimum Gasteiger partial charge on any atom is -0.354 e. The standard InChI is InChI=1S/C18H17ClN6/c19-16-14(12-4-1-3-11(7-12)8-20)15-17(24-16)22-10-23-18(15)25-6-2-5-13(21)9-25/h1,3-4,7,10,13H,2,5-6,9,21H2,(H,22,23,24)/t13-/m1/s1. The van der Waals surface area contributed by atoms with Crippen molar-refractivity contribution in [2.45, 2.75) is 18.9 Å². The highest BCUT2D eigenvalue weighted by molar-refractivity contribution is 6.35. The predicted octanol–water partition coefficient (Wildman–Crippen LogP) is 3.08. The number of H-pyrrole nitrogens is 1. The summed E-state index contributed by atoms with van der Waals surface area (Å²) in [4.78, 5) is 14.2. The summed E-state index contributed by atoms with van der Waals surface area (Å²) in [6.45, 7) is 1.66. The van der Waals surface area contributed by atoms with Gasteiger partial charge in [0.1, 0.15) is 22.9 Å². The minimum atomic E-state index is 0.138. The lowest BCUT2D eigenvalue weighted by Crippen LogP contribution is -2.43. The van der Waals surface area contributed by atoms with E-state index < -0.39 is 0 Å². The molecule has 3 heterocycles. The Bertz CT molecular complexity index is 973. The number of aromatic nitrogens is 3. The normalized spacial score (nSPS) is 17.6. The molecule has 25 heavy (non-hydrogen) atoms. The van der Waals surface area contributed by atoms with Crippen molar-refractivity contribution in [3.63, 3.8) is 0 Å². The first-order chi connectivity index (χ1) is 12.2. The van der Waals surface area contributed by atoms with Crippen molar-refractivity contribution >= 4 is 28.5 Å². The molecule has 1 atom stereocenters. The lowest BCUT2D eigenvalue weighted by Gasteiger charge is -2.32. The van der Waals surface area contributed by atoms with Gasteiger partial charge in [0, 0.05) is 24.7 Å². The Hall–Kier alpha value is -2.62. The fraction of sp³-hybridized carbons (Fsp3) is 0.278. The van der Waals surface area contributed by atoms with Gasteiger partial charge in [-0.25, -0.2) is 9.97 Å². The first-order valence-corrected chi connectivity index (χ1v) is 8.58. The quantitative estimate of drug-likeness (QED) is 0.739. The molecule has 2 aromatic heterocycles. The summed E-state index contributed by atoms with van der Waals surface area (Å²) >= 11 is 6.49. The monoisotopic (exact) mass is 352 g/mol. The Morgan fingerprint density at radius 1 is 1.36 bits per heavy atom. The molecule has 6 nitrogen and oxygen atoms in total. The summed E-state index contributed by atoms with van der Waals surface area (Å²) < 4.78 is 0. The molecule has 1 saturated heterocycles. The lowest BCUT2D eigenvalue weighted by atomic mass is 10.0. The molecule has 3 aromatic rings. The lowest BCUT2D eigenvalue weighted by molar-refractivity contribution is 0.504. The van der Waals surface area contributed by atoms with E-state index in [0.717, 1.165) is 48.3 Å². The second-order valence-corrected chi connectivity index (χ2v) is 6.65. The maximum Gasteiger partial charge on any atom is 0.144 e. The zero-order valence-corrected chi connectivity index (χ0v) is 14.3. The molecule has 0 bridgehead atoms. The minimum absolute atomic E-state index is 0.138. The first kappa shape index (κ1) is 15.9. The molecular weight excluding hydrogens is 336 g/mol. The van der Waals surface area contributed by atoms with Crippen LogP contribution in [0.25, 0.3) is 22.2 Å². The third-order valence-corrected chi connectivity index (χ3v) is 4.85. The molecule has 0 spiro atoms. The average molecular weight is 353 g/mol. The molecule has 0 saturated carbocycles. The van der Waals surface area contributed by atoms with Crippen LogP contribution < -0.4 is 10.6 Å². The van der Waals surface area contributed by atoms with Crippen LogP contribution in [0.1, 0.15) is 18.4 Å². The molecule has 0 amide bonds. The third kappa shape index (κ3) is 2.82. The molecule has 3 N–H and O–H groups in total. The van der Waals surface area contributed by atoms with Crippen LogP contribution in [0.2, 0.25) is 5.15 Å². The van der Waals surface area contributed by atoms with Gasteiger partial charge < -0.3 is 15.6 Å². The van der Waals surface area contributed by atoms with Crippen LogP contribution in [-0.4, -0.2) is 34.1 Å². The first-order valence-electron chi connectivity index (χ1n) is 8.20. The van der Waals surface area contributed by atoms with Gasteiger partial charge in [-0.05, 0) is 30.5 Å². The van der Waals surface area contributed by atoms with Crippen molar-refractivity contribution in [1.29, 1.82) is 5.26 Å². The van der Waals surface area contributed by atoms with Crippen molar-refractivity contribution in [3.05, 3.63) is 41.3 Å². The molecule has 7 heteroatoms. The number of nitrogens with one attached hydrogen (secondary N) is 1. The highest BCUT2D eigenvalue weighted by Gasteiger charge is 2.24. The highest BCUT2D eigenvalue weighted by atomic mass is 35.5. The van der Waals surface area contributed by atoms with Crippen molar-refractivity contribution in [2.75, 3.05) is 18.0 Å². The summed E-state index contributed by atoms with van der Waals surface area (Å²) in [5, 5.41) is 10.6. The van der Waals surface area contributed by atoms with Gasteiger partial charge in [0.25, 0.3) is 0 Å². The molecule has 126 valence electrons. The Kier molecular flexibility index (Phi) is 4.04. The third-order valence-electron chi connectivity index (χ3n) is 4.56. The van der Waals surface area contributed by atoms with E-state index >= 15 is 0 Å². The van der Waals surface area contributed by atoms with Gasteiger partial charge in [-0.15, -0.1) is 0 Å². The van der Waals surface area contributed by atoms with E-state index in [9.17, 15) is 5.26 Å². The van der Waals surface area contributed by atoms with Gasteiger partial charge in [0.15, 0.2) is 0 Å². The smallest absolute Gasteiger partial charge is 0.144 e. The second kappa shape index (κ2) is 6.36. The summed E-state index contributed by atoms with van der Waals surface area (Å²) in [6, 6.07) is 9.69. The van der Waals surface area contributed by atoms with Crippen molar-refractivity contribution in [1.82, 2.24) is 15.0 Å². The van der Waals surface area contributed by atoms with Gasteiger partial charge in [0.2, 0.25) is 0 Å². The Labute approximate surface area is 150 Å². The van der Waals surface area contributed by atoms with E-state index in [4.69, 9.17) is 17.3 Å². The summed E-state index contributed by atoms with van der Waals surface area (Å²) in [5.41, 5.74) is 9.11. The number of aromatic amines is 1. The van der Waals surface area contributed by atoms with Crippen molar-refractivity contribution in [3.8, 4) is 17.2 Å². The van der Waals surface area contributed by atoms with Gasteiger partial charge >= 0.3 is 0 Å². The van der Waals surface area contributed by atoms with E-state index in [2.05, 4.69) is 25.9 Å². The Balaban J connectivity index is 1.92. The van der Waals surface area contributed by atoms with E-state index in [-0.39, 0.29) is 6.04 Å². The van der Waals surface area contributed by atoms with Crippen LogP contribution in [0.5, 0.6) is 0 Å². The fourth-order valence-electron chi connectivity index (χ4n) is 3.43. The molecule has 0 aliphatic carbocycles. The predicted molar refractivity (Wildman–Crippen MR) is 98.5 cm³/mol. The number of nitrogens with two attached hydrogens (primary N) is 1. The maximum atomic E-state index is 9.19. The summed E-state index contributed by atoms with van der Waals surface area (Å²) in [6.07, 6.45) is 3.60. The molecule has 1 aliphatic heterocycles. The zero-order valence-electron chi connectivity index (χ0n) is 13.5. The Morgan fingerprint density at radius 2 is 2.24 bits per heavy atom. The topological polar surface area (TPSA) is 94.6 Å². The number of rotatable bonds is 2. The molecular formula is C18H17ClN6. The second-order valence-electron chi connectivity index (χ2n) is 6.28. The molecule has 4 rings (SSSR count). The average Bonchev–Trinajstić information content (AvgIpc) is 2.97. The van der Waals surface area contributed by atoms with Gasteiger partial charge in [-0.3, -0.25) is 0 Å². The molecule has 0 radical (unpaired) electrons. The number of hydrogen-bond donors (Lipinski definition) is 2. The molecule has 1 aliphatic rings.